The molecule has 34 heavy (non-hydrogen) atoms. The van der Waals surface area contributed by atoms with E-state index in [1.165, 1.54) is 6.08 Å². The molecular formula is C26H20BrClN2O4. The predicted molar refractivity (Wildman–Crippen MR) is 135 cm³/mol. The molecule has 4 rings (SSSR count). The van der Waals surface area contributed by atoms with Gasteiger partial charge in [-0.05, 0) is 67.4 Å². The van der Waals surface area contributed by atoms with Crippen molar-refractivity contribution in [2.75, 3.05) is 4.90 Å². The third kappa shape index (κ3) is 5.05. The minimum absolute atomic E-state index is 0.204. The average molecular weight is 540 g/mol. The van der Waals surface area contributed by atoms with E-state index in [9.17, 15) is 14.4 Å². The Labute approximate surface area is 210 Å². The highest BCUT2D eigenvalue weighted by Crippen LogP contribution is 2.30. The van der Waals surface area contributed by atoms with Gasteiger partial charge in [0.15, 0.2) is 0 Å². The van der Waals surface area contributed by atoms with Crippen molar-refractivity contribution in [1.29, 1.82) is 0 Å². The van der Waals surface area contributed by atoms with Gasteiger partial charge in [-0.3, -0.25) is 14.9 Å². The highest BCUT2D eigenvalue weighted by Gasteiger charge is 2.37. The summed E-state index contributed by atoms with van der Waals surface area (Å²) in [6.07, 6.45) is 1.39. The van der Waals surface area contributed by atoms with Crippen LogP contribution in [-0.4, -0.2) is 17.8 Å². The lowest BCUT2D eigenvalue weighted by molar-refractivity contribution is -0.122. The number of rotatable bonds is 5. The lowest BCUT2D eigenvalue weighted by Crippen LogP contribution is -2.54. The molecule has 0 radical (unpaired) electrons. The third-order valence-corrected chi connectivity index (χ3v) is 5.98. The van der Waals surface area contributed by atoms with Crippen molar-refractivity contribution in [3.63, 3.8) is 0 Å². The summed E-state index contributed by atoms with van der Waals surface area (Å²) >= 11 is 9.56. The van der Waals surface area contributed by atoms with Crippen molar-refractivity contribution in [2.24, 2.45) is 0 Å². The van der Waals surface area contributed by atoms with Crippen LogP contribution in [0.3, 0.4) is 0 Å². The molecule has 0 atom stereocenters. The number of carbonyl (C=O) groups is 3. The largest absolute Gasteiger partial charge is 0.488 e. The summed E-state index contributed by atoms with van der Waals surface area (Å²) in [5.74, 6) is -1.07. The van der Waals surface area contributed by atoms with Gasteiger partial charge in [-0.25, -0.2) is 9.69 Å². The van der Waals surface area contributed by atoms with E-state index in [4.69, 9.17) is 16.3 Å². The van der Waals surface area contributed by atoms with Crippen LogP contribution >= 0.6 is 27.5 Å². The Morgan fingerprint density at radius 1 is 1.03 bits per heavy atom. The van der Waals surface area contributed by atoms with Crippen LogP contribution in [0.4, 0.5) is 10.5 Å². The molecule has 8 heteroatoms. The number of imide groups is 2. The Morgan fingerprint density at radius 2 is 1.82 bits per heavy atom. The Bertz CT molecular complexity index is 1350. The Morgan fingerprint density at radius 3 is 2.56 bits per heavy atom. The number of hydrogen-bond acceptors (Lipinski definition) is 4. The molecule has 1 heterocycles. The second kappa shape index (κ2) is 9.83. The fourth-order valence-corrected chi connectivity index (χ4v) is 4.28. The van der Waals surface area contributed by atoms with Crippen molar-refractivity contribution in [2.45, 2.75) is 20.5 Å². The van der Waals surface area contributed by atoms with Crippen molar-refractivity contribution in [3.8, 4) is 5.75 Å². The number of halogens is 2. The fraction of sp³-hybridized carbons (Fsp3) is 0.115. The van der Waals surface area contributed by atoms with E-state index in [-0.39, 0.29) is 5.57 Å². The van der Waals surface area contributed by atoms with E-state index in [1.54, 1.807) is 43.3 Å². The predicted octanol–water partition coefficient (Wildman–Crippen LogP) is 5.96. The molecule has 4 amide bonds. The van der Waals surface area contributed by atoms with Gasteiger partial charge in [0.05, 0.1) is 5.69 Å². The number of nitrogens with one attached hydrogen (secondary N) is 1. The standard InChI is InChI=1S/C26H20BrClN2O4/c1-15-4-3-5-17(10-15)14-34-23-9-7-20(28)12-18(23)13-21-24(31)29-26(33)30(25(21)32)22-8-6-19(27)11-16(22)2/h3-13H,14H2,1-2H3,(H,29,31,33)/b21-13-. The van der Waals surface area contributed by atoms with Gasteiger partial charge in [0.2, 0.25) is 0 Å². The summed E-state index contributed by atoms with van der Waals surface area (Å²) in [4.78, 5) is 39.4. The number of hydrogen-bond donors (Lipinski definition) is 1. The Hall–Kier alpha value is -3.42. The summed E-state index contributed by atoms with van der Waals surface area (Å²) < 4.78 is 6.78. The molecule has 1 N–H and O–H groups in total. The van der Waals surface area contributed by atoms with Crippen LogP contribution in [0.15, 0.2) is 70.7 Å². The Kier molecular flexibility index (Phi) is 6.86. The third-order valence-electron chi connectivity index (χ3n) is 5.25. The SMILES string of the molecule is Cc1cccc(COc2ccc(Cl)cc2/C=C2/C(=O)NC(=O)N(c3ccc(Br)cc3C)C2=O)c1. The summed E-state index contributed by atoms with van der Waals surface area (Å²) in [7, 11) is 0. The molecule has 0 aromatic heterocycles. The van der Waals surface area contributed by atoms with E-state index in [2.05, 4.69) is 21.2 Å². The molecular weight excluding hydrogens is 520 g/mol. The summed E-state index contributed by atoms with van der Waals surface area (Å²) in [5.41, 5.74) is 3.40. The number of ether oxygens (including phenoxy) is 1. The number of amides is 4. The number of anilines is 1. The summed E-state index contributed by atoms with van der Waals surface area (Å²) in [6, 6.07) is 17.2. The molecule has 172 valence electrons. The van der Waals surface area contributed by atoms with Gasteiger partial charge in [0, 0.05) is 15.1 Å². The quantitative estimate of drug-likeness (QED) is 0.320. The number of benzene rings is 3. The van der Waals surface area contributed by atoms with Gasteiger partial charge in [-0.2, -0.15) is 0 Å². The van der Waals surface area contributed by atoms with E-state index in [1.807, 2.05) is 31.2 Å². The molecule has 0 saturated carbocycles. The van der Waals surface area contributed by atoms with Crippen LogP contribution in [0.25, 0.3) is 6.08 Å². The monoisotopic (exact) mass is 538 g/mol. The lowest BCUT2D eigenvalue weighted by Gasteiger charge is -2.27. The zero-order valence-electron chi connectivity index (χ0n) is 18.4. The van der Waals surface area contributed by atoms with Gasteiger partial charge in [0.25, 0.3) is 11.8 Å². The molecule has 0 aliphatic carbocycles. The van der Waals surface area contributed by atoms with Gasteiger partial charge in [0.1, 0.15) is 17.9 Å². The molecule has 3 aromatic carbocycles. The molecule has 1 aliphatic heterocycles. The van der Waals surface area contributed by atoms with E-state index >= 15 is 0 Å². The zero-order chi connectivity index (χ0) is 24.4. The maximum absolute atomic E-state index is 13.3. The van der Waals surface area contributed by atoms with E-state index < -0.39 is 17.8 Å². The van der Waals surface area contributed by atoms with Crippen molar-refractivity contribution >= 4 is 57.1 Å². The van der Waals surface area contributed by atoms with Crippen LogP contribution in [0.1, 0.15) is 22.3 Å². The number of carbonyl (C=O) groups excluding carboxylic acids is 3. The van der Waals surface area contributed by atoms with Crippen LogP contribution in [0.2, 0.25) is 5.02 Å². The average Bonchev–Trinajstić information content (AvgIpc) is 2.77. The second-order valence-electron chi connectivity index (χ2n) is 7.85. The first-order valence-corrected chi connectivity index (χ1v) is 11.6. The van der Waals surface area contributed by atoms with Crippen LogP contribution in [-0.2, 0) is 16.2 Å². The first-order chi connectivity index (χ1) is 16.2. The summed E-state index contributed by atoms with van der Waals surface area (Å²) in [5, 5.41) is 2.65. The highest BCUT2D eigenvalue weighted by atomic mass is 79.9. The number of urea groups is 1. The van der Waals surface area contributed by atoms with E-state index in [0.717, 1.165) is 20.5 Å². The van der Waals surface area contributed by atoms with Crippen molar-refractivity contribution < 1.29 is 19.1 Å². The van der Waals surface area contributed by atoms with Crippen molar-refractivity contribution in [3.05, 3.63) is 98.0 Å². The van der Waals surface area contributed by atoms with Crippen LogP contribution < -0.4 is 15.0 Å². The number of aryl methyl sites for hydroxylation is 2. The van der Waals surface area contributed by atoms with Gasteiger partial charge in [-0.1, -0.05) is 57.4 Å². The van der Waals surface area contributed by atoms with Gasteiger partial charge in [-0.15, -0.1) is 0 Å². The molecule has 1 aliphatic rings. The number of nitrogens with zero attached hydrogens (tertiary/aromatic N) is 1. The molecule has 1 fully saturated rings. The Balaban J connectivity index is 1.69. The minimum Gasteiger partial charge on any atom is -0.488 e. The fourth-order valence-electron chi connectivity index (χ4n) is 3.63. The summed E-state index contributed by atoms with van der Waals surface area (Å²) in [6.45, 7) is 4.06. The highest BCUT2D eigenvalue weighted by molar-refractivity contribution is 9.10. The zero-order valence-corrected chi connectivity index (χ0v) is 20.7. The topological polar surface area (TPSA) is 75.7 Å². The first-order valence-electron chi connectivity index (χ1n) is 10.4. The van der Waals surface area contributed by atoms with Crippen molar-refractivity contribution in [1.82, 2.24) is 5.32 Å². The lowest BCUT2D eigenvalue weighted by atomic mass is 10.0. The molecule has 0 spiro atoms. The van der Waals surface area contributed by atoms with Gasteiger partial charge >= 0.3 is 6.03 Å². The molecule has 1 saturated heterocycles. The molecule has 3 aromatic rings. The van der Waals surface area contributed by atoms with E-state index in [0.29, 0.717) is 34.2 Å². The maximum Gasteiger partial charge on any atom is 0.335 e. The van der Waals surface area contributed by atoms with Gasteiger partial charge < -0.3 is 4.74 Å². The molecule has 0 bridgehead atoms. The smallest absolute Gasteiger partial charge is 0.335 e. The molecule has 6 nitrogen and oxygen atoms in total. The van der Waals surface area contributed by atoms with Crippen LogP contribution in [0.5, 0.6) is 5.75 Å². The first kappa shape index (κ1) is 23.7. The maximum atomic E-state index is 13.3. The molecule has 0 unspecified atom stereocenters. The normalized spacial score (nSPS) is 15.0. The second-order valence-corrected chi connectivity index (χ2v) is 9.20. The minimum atomic E-state index is -0.806. The number of barbiturate groups is 1. The van der Waals surface area contributed by atoms with Crippen LogP contribution in [0, 0.1) is 13.8 Å².